The third-order valence-electron chi connectivity index (χ3n) is 4.13. The molecule has 20 heavy (non-hydrogen) atoms. The maximum absolute atomic E-state index is 12.3. The molecule has 1 saturated carbocycles. The number of amides is 1. The van der Waals surface area contributed by atoms with Gasteiger partial charge in [0.2, 0.25) is 0 Å². The zero-order valence-electron chi connectivity index (χ0n) is 12.4. The number of rotatable bonds is 5. The van der Waals surface area contributed by atoms with E-state index in [-0.39, 0.29) is 5.91 Å². The molecule has 3 N–H and O–H groups in total. The van der Waals surface area contributed by atoms with E-state index in [0.29, 0.717) is 30.1 Å². The van der Waals surface area contributed by atoms with Crippen LogP contribution in [0.2, 0.25) is 0 Å². The van der Waals surface area contributed by atoms with Gasteiger partial charge in [0.15, 0.2) is 0 Å². The van der Waals surface area contributed by atoms with Gasteiger partial charge in [0.1, 0.15) is 5.69 Å². The summed E-state index contributed by atoms with van der Waals surface area (Å²) < 4.78 is 0. The molecule has 0 spiro atoms. The van der Waals surface area contributed by atoms with E-state index in [0.717, 1.165) is 17.8 Å². The molecule has 1 amide bonds. The molecule has 1 aliphatic carbocycles. The van der Waals surface area contributed by atoms with E-state index in [2.05, 4.69) is 24.1 Å². The van der Waals surface area contributed by atoms with Gasteiger partial charge in [-0.1, -0.05) is 26.7 Å². The van der Waals surface area contributed by atoms with Gasteiger partial charge in [-0.2, -0.15) is 0 Å². The molecule has 0 radical (unpaired) electrons. The molecule has 1 aromatic rings. The van der Waals surface area contributed by atoms with Crippen LogP contribution in [0.1, 0.15) is 55.0 Å². The summed E-state index contributed by atoms with van der Waals surface area (Å²) in [7, 11) is 0. The van der Waals surface area contributed by atoms with Crippen molar-refractivity contribution < 1.29 is 4.79 Å². The lowest BCUT2D eigenvalue weighted by Gasteiger charge is -2.34. The molecule has 112 valence electrons. The molecule has 0 aromatic carbocycles. The molecule has 2 atom stereocenters. The van der Waals surface area contributed by atoms with Crippen LogP contribution < -0.4 is 11.1 Å². The van der Waals surface area contributed by atoms with E-state index in [1.807, 2.05) is 5.38 Å². The number of nitrogens with zero attached hydrogens (tertiary/aromatic N) is 1. The fourth-order valence-corrected chi connectivity index (χ4v) is 3.83. The summed E-state index contributed by atoms with van der Waals surface area (Å²) in [6, 6.07) is 0.302. The predicted molar refractivity (Wildman–Crippen MR) is 82.9 cm³/mol. The number of thiazole rings is 1. The van der Waals surface area contributed by atoms with Crippen LogP contribution in [-0.4, -0.2) is 23.5 Å². The summed E-state index contributed by atoms with van der Waals surface area (Å²) in [4.78, 5) is 16.7. The number of carbonyl (C=O) groups is 1. The van der Waals surface area contributed by atoms with Crippen molar-refractivity contribution in [3.8, 4) is 0 Å². The summed E-state index contributed by atoms with van der Waals surface area (Å²) in [6.07, 6.45) is 5.55. The molecule has 2 unspecified atom stereocenters. The molecule has 1 fully saturated rings. The first-order valence-electron chi connectivity index (χ1n) is 7.57. The van der Waals surface area contributed by atoms with Crippen molar-refractivity contribution in [3.05, 3.63) is 16.1 Å². The average molecular weight is 295 g/mol. The fraction of sp³-hybridized carbons (Fsp3) is 0.733. The van der Waals surface area contributed by atoms with Crippen molar-refractivity contribution in [3.63, 3.8) is 0 Å². The first-order chi connectivity index (χ1) is 9.61. The lowest BCUT2D eigenvalue weighted by molar-refractivity contribution is 0.0884. The zero-order valence-corrected chi connectivity index (χ0v) is 13.2. The summed E-state index contributed by atoms with van der Waals surface area (Å²) in [5.74, 6) is 1.18. The highest BCUT2D eigenvalue weighted by molar-refractivity contribution is 7.09. The molecule has 5 heteroatoms. The first-order valence-corrected chi connectivity index (χ1v) is 8.45. The third kappa shape index (κ3) is 3.79. The minimum absolute atomic E-state index is 0.0259. The molecular weight excluding hydrogens is 270 g/mol. The van der Waals surface area contributed by atoms with Crippen LogP contribution in [0.4, 0.5) is 0 Å². The molecule has 0 saturated heterocycles. The van der Waals surface area contributed by atoms with Gasteiger partial charge in [-0.25, -0.2) is 4.98 Å². The van der Waals surface area contributed by atoms with Crippen LogP contribution in [-0.2, 0) is 6.42 Å². The van der Waals surface area contributed by atoms with Gasteiger partial charge >= 0.3 is 0 Å². The Morgan fingerprint density at radius 2 is 2.25 bits per heavy atom. The SMILES string of the molecule is CC(C)C1CCCCC1NC(=O)c1csc(CCN)n1. The molecule has 1 aliphatic rings. The largest absolute Gasteiger partial charge is 0.348 e. The van der Waals surface area contributed by atoms with Crippen LogP contribution in [0.3, 0.4) is 0 Å². The van der Waals surface area contributed by atoms with Crippen molar-refractivity contribution in [2.45, 2.75) is 52.0 Å². The van der Waals surface area contributed by atoms with Crippen LogP contribution in [0.5, 0.6) is 0 Å². The highest BCUT2D eigenvalue weighted by Crippen LogP contribution is 2.30. The Balaban J connectivity index is 1.98. The maximum Gasteiger partial charge on any atom is 0.270 e. The smallest absolute Gasteiger partial charge is 0.270 e. The Labute approximate surface area is 125 Å². The standard InChI is InChI=1S/C15H25N3OS/c1-10(2)11-5-3-4-6-12(11)18-15(19)13-9-20-14(17-13)7-8-16/h9-12H,3-8,16H2,1-2H3,(H,18,19). The Kier molecular flexibility index (Phi) is 5.54. The second kappa shape index (κ2) is 7.18. The van der Waals surface area contributed by atoms with Crippen molar-refractivity contribution in [1.29, 1.82) is 0 Å². The Morgan fingerprint density at radius 1 is 1.50 bits per heavy atom. The quantitative estimate of drug-likeness (QED) is 0.877. The van der Waals surface area contributed by atoms with E-state index >= 15 is 0 Å². The van der Waals surface area contributed by atoms with Crippen molar-refractivity contribution >= 4 is 17.2 Å². The number of hydrogen-bond donors (Lipinski definition) is 2. The molecule has 2 rings (SSSR count). The van der Waals surface area contributed by atoms with Crippen LogP contribution in [0.15, 0.2) is 5.38 Å². The van der Waals surface area contributed by atoms with E-state index in [4.69, 9.17) is 5.73 Å². The van der Waals surface area contributed by atoms with E-state index in [1.165, 1.54) is 30.6 Å². The third-order valence-corrected chi connectivity index (χ3v) is 5.04. The van der Waals surface area contributed by atoms with Gasteiger partial charge in [0, 0.05) is 17.8 Å². The highest BCUT2D eigenvalue weighted by atomic mass is 32.1. The number of nitrogens with two attached hydrogens (primary N) is 1. The zero-order chi connectivity index (χ0) is 14.5. The average Bonchev–Trinajstić information content (AvgIpc) is 2.88. The van der Waals surface area contributed by atoms with E-state index in [1.54, 1.807) is 0 Å². The maximum atomic E-state index is 12.3. The van der Waals surface area contributed by atoms with Crippen LogP contribution in [0, 0.1) is 11.8 Å². The summed E-state index contributed by atoms with van der Waals surface area (Å²) in [5, 5.41) is 5.98. The summed E-state index contributed by atoms with van der Waals surface area (Å²) in [5.41, 5.74) is 6.06. The van der Waals surface area contributed by atoms with E-state index in [9.17, 15) is 4.79 Å². The lowest BCUT2D eigenvalue weighted by Crippen LogP contribution is -2.44. The number of hydrogen-bond acceptors (Lipinski definition) is 4. The van der Waals surface area contributed by atoms with Gasteiger partial charge in [-0.15, -0.1) is 11.3 Å². The molecule has 0 aliphatic heterocycles. The number of carbonyl (C=O) groups excluding carboxylic acids is 1. The first kappa shape index (κ1) is 15.4. The fourth-order valence-electron chi connectivity index (χ4n) is 3.03. The van der Waals surface area contributed by atoms with Gasteiger partial charge < -0.3 is 11.1 Å². The predicted octanol–water partition coefficient (Wildman–Crippen LogP) is 2.59. The Hall–Kier alpha value is -0.940. The summed E-state index contributed by atoms with van der Waals surface area (Å²) in [6.45, 7) is 5.07. The second-order valence-electron chi connectivity index (χ2n) is 5.94. The molecule has 1 heterocycles. The second-order valence-corrected chi connectivity index (χ2v) is 6.88. The van der Waals surface area contributed by atoms with Gasteiger partial charge in [0.25, 0.3) is 5.91 Å². The lowest BCUT2D eigenvalue weighted by atomic mass is 9.78. The van der Waals surface area contributed by atoms with Crippen molar-refractivity contribution in [2.24, 2.45) is 17.6 Å². The van der Waals surface area contributed by atoms with Gasteiger partial charge in [0.05, 0.1) is 5.01 Å². The molecule has 4 nitrogen and oxygen atoms in total. The highest BCUT2D eigenvalue weighted by Gasteiger charge is 2.29. The van der Waals surface area contributed by atoms with Gasteiger partial charge in [-0.05, 0) is 31.2 Å². The van der Waals surface area contributed by atoms with Crippen molar-refractivity contribution in [1.82, 2.24) is 10.3 Å². The Bertz CT molecular complexity index is 444. The van der Waals surface area contributed by atoms with Crippen molar-refractivity contribution in [2.75, 3.05) is 6.54 Å². The van der Waals surface area contributed by atoms with Gasteiger partial charge in [-0.3, -0.25) is 4.79 Å². The van der Waals surface area contributed by atoms with E-state index < -0.39 is 0 Å². The topological polar surface area (TPSA) is 68.0 Å². The number of aromatic nitrogens is 1. The normalized spacial score (nSPS) is 23.0. The number of nitrogens with one attached hydrogen (secondary N) is 1. The van der Waals surface area contributed by atoms with Crippen LogP contribution in [0.25, 0.3) is 0 Å². The molecular formula is C15H25N3OS. The molecule has 0 bridgehead atoms. The minimum atomic E-state index is -0.0259. The van der Waals surface area contributed by atoms with Crippen LogP contribution >= 0.6 is 11.3 Å². The summed E-state index contributed by atoms with van der Waals surface area (Å²) >= 11 is 1.52. The monoisotopic (exact) mass is 295 g/mol. The molecule has 1 aromatic heterocycles. The Morgan fingerprint density at radius 3 is 2.95 bits per heavy atom. The minimum Gasteiger partial charge on any atom is -0.348 e.